The second kappa shape index (κ2) is 7.25. The Bertz CT molecular complexity index is 1000. The average Bonchev–Trinajstić information content (AvgIpc) is 2.92. The van der Waals surface area contributed by atoms with Gasteiger partial charge in [-0.15, -0.1) is 0 Å². The van der Waals surface area contributed by atoms with Gasteiger partial charge in [-0.3, -0.25) is 9.78 Å². The second-order valence-electron chi connectivity index (χ2n) is 5.66. The van der Waals surface area contributed by atoms with E-state index in [0.717, 1.165) is 22.5 Å². The summed E-state index contributed by atoms with van der Waals surface area (Å²) < 4.78 is 24.6. The first-order valence-electron chi connectivity index (χ1n) is 7.70. The number of nitrogens with one attached hydrogen (secondary N) is 1. The number of thiazole rings is 1. The van der Waals surface area contributed by atoms with E-state index in [1.165, 1.54) is 0 Å². The van der Waals surface area contributed by atoms with E-state index < -0.39 is 9.84 Å². The van der Waals surface area contributed by atoms with Crippen molar-refractivity contribution >= 4 is 21.2 Å². The lowest BCUT2D eigenvalue weighted by atomic mass is 10.1. The van der Waals surface area contributed by atoms with Gasteiger partial charge < -0.3 is 5.11 Å². The third-order valence-corrected chi connectivity index (χ3v) is 6.45. The lowest BCUT2D eigenvalue weighted by Gasteiger charge is -2.06. The van der Waals surface area contributed by atoms with Crippen LogP contribution in [0.25, 0.3) is 0 Å². The minimum absolute atomic E-state index is 0.0522. The molecule has 130 valence electrons. The van der Waals surface area contributed by atoms with Gasteiger partial charge in [0.1, 0.15) is 0 Å². The summed E-state index contributed by atoms with van der Waals surface area (Å²) in [6.45, 7) is 0. The molecule has 25 heavy (non-hydrogen) atoms. The molecule has 5 nitrogen and oxygen atoms in total. The fourth-order valence-electron chi connectivity index (χ4n) is 2.48. The third-order valence-electron chi connectivity index (χ3n) is 3.85. The highest BCUT2D eigenvalue weighted by Gasteiger charge is 2.14. The quantitative estimate of drug-likeness (QED) is 0.693. The van der Waals surface area contributed by atoms with Gasteiger partial charge in [-0.05, 0) is 29.7 Å². The highest BCUT2D eigenvalue weighted by molar-refractivity contribution is 7.91. The van der Waals surface area contributed by atoms with Crippen LogP contribution in [0.4, 0.5) is 0 Å². The first kappa shape index (κ1) is 17.4. The summed E-state index contributed by atoms with van der Waals surface area (Å²) in [5.41, 5.74) is 1.87. The van der Waals surface area contributed by atoms with Gasteiger partial charge in [0, 0.05) is 6.42 Å². The molecule has 0 bridgehead atoms. The highest BCUT2D eigenvalue weighted by atomic mass is 32.2. The molecule has 7 heteroatoms. The average molecular weight is 375 g/mol. The van der Waals surface area contributed by atoms with Crippen LogP contribution in [-0.2, 0) is 22.7 Å². The minimum atomic E-state index is -3.29. The maximum absolute atomic E-state index is 12.3. The molecule has 0 aliphatic heterocycles. The first-order valence-corrected chi connectivity index (χ1v) is 10.2. The summed E-state index contributed by atoms with van der Waals surface area (Å²) in [5, 5.41) is 9.62. The van der Waals surface area contributed by atoms with Crippen LogP contribution in [0.1, 0.15) is 16.0 Å². The topological polar surface area (TPSA) is 87.2 Å². The fourth-order valence-corrected chi connectivity index (χ4v) is 4.55. The standard InChI is InChI=1S/C18H17NO4S2/c20-17-16(24-18(21)19-17)12-14-8-6-13(7-9-14)10-11-25(22,23)15-4-2-1-3-5-15/h1-9,20H,10-12H2,(H,19,21). The number of aromatic nitrogens is 1. The van der Waals surface area contributed by atoms with Crippen molar-refractivity contribution in [2.75, 3.05) is 5.75 Å². The predicted molar refractivity (Wildman–Crippen MR) is 98.1 cm³/mol. The molecule has 0 fully saturated rings. The Hall–Kier alpha value is -2.38. The van der Waals surface area contributed by atoms with Gasteiger partial charge in [0.25, 0.3) is 0 Å². The van der Waals surface area contributed by atoms with E-state index in [-0.39, 0.29) is 16.5 Å². The van der Waals surface area contributed by atoms with Crippen molar-refractivity contribution in [3.63, 3.8) is 0 Å². The van der Waals surface area contributed by atoms with Crippen molar-refractivity contribution in [3.8, 4) is 5.88 Å². The number of H-pyrrole nitrogens is 1. The van der Waals surface area contributed by atoms with Crippen molar-refractivity contribution in [2.24, 2.45) is 0 Å². The van der Waals surface area contributed by atoms with Gasteiger partial charge in [-0.2, -0.15) is 0 Å². The molecule has 2 aromatic carbocycles. The lowest BCUT2D eigenvalue weighted by molar-refractivity contribution is 0.451. The largest absolute Gasteiger partial charge is 0.494 e. The maximum atomic E-state index is 12.3. The molecule has 1 aromatic heterocycles. The zero-order valence-electron chi connectivity index (χ0n) is 13.3. The zero-order chi connectivity index (χ0) is 17.9. The number of aromatic amines is 1. The summed E-state index contributed by atoms with van der Waals surface area (Å²) in [6.07, 6.45) is 0.887. The van der Waals surface area contributed by atoms with Gasteiger partial charge in [0.15, 0.2) is 9.84 Å². The van der Waals surface area contributed by atoms with Gasteiger partial charge in [0.05, 0.1) is 15.5 Å². The Labute approximate surface area is 149 Å². The van der Waals surface area contributed by atoms with E-state index in [0.29, 0.717) is 22.6 Å². The van der Waals surface area contributed by atoms with E-state index in [2.05, 4.69) is 4.98 Å². The Kier molecular flexibility index (Phi) is 5.06. The number of sulfone groups is 1. The van der Waals surface area contributed by atoms with Crippen molar-refractivity contribution in [2.45, 2.75) is 17.7 Å². The third kappa shape index (κ3) is 4.37. The molecule has 0 saturated heterocycles. The molecular formula is C18H17NO4S2. The van der Waals surface area contributed by atoms with E-state index in [1.807, 2.05) is 24.3 Å². The van der Waals surface area contributed by atoms with Crippen LogP contribution >= 0.6 is 11.3 Å². The molecule has 0 amide bonds. The van der Waals surface area contributed by atoms with Crippen molar-refractivity contribution in [1.29, 1.82) is 0 Å². The van der Waals surface area contributed by atoms with E-state index in [1.54, 1.807) is 30.3 Å². The number of aryl methyl sites for hydroxylation is 1. The maximum Gasteiger partial charge on any atom is 0.307 e. The van der Waals surface area contributed by atoms with Gasteiger partial charge in [0.2, 0.25) is 5.88 Å². The van der Waals surface area contributed by atoms with Gasteiger partial charge >= 0.3 is 4.87 Å². The number of hydrogen-bond acceptors (Lipinski definition) is 5. The zero-order valence-corrected chi connectivity index (χ0v) is 14.9. The number of hydrogen-bond donors (Lipinski definition) is 2. The molecule has 0 aliphatic rings. The Morgan fingerprint density at radius 1 is 0.960 bits per heavy atom. The first-order chi connectivity index (χ1) is 11.9. The molecule has 0 radical (unpaired) electrons. The van der Waals surface area contributed by atoms with Gasteiger partial charge in [-0.25, -0.2) is 8.42 Å². The molecule has 3 rings (SSSR count). The Balaban J connectivity index is 1.65. The van der Waals surface area contributed by atoms with Crippen LogP contribution in [0.15, 0.2) is 64.3 Å². The monoisotopic (exact) mass is 375 g/mol. The second-order valence-corrected chi connectivity index (χ2v) is 8.84. The molecule has 1 heterocycles. The molecule has 0 unspecified atom stereocenters. The van der Waals surface area contributed by atoms with E-state index >= 15 is 0 Å². The van der Waals surface area contributed by atoms with Gasteiger partial charge in [-0.1, -0.05) is 53.8 Å². The fraction of sp³-hybridized carbons (Fsp3) is 0.167. The number of benzene rings is 2. The molecule has 0 atom stereocenters. The highest BCUT2D eigenvalue weighted by Crippen LogP contribution is 2.20. The van der Waals surface area contributed by atoms with Crippen LogP contribution in [0.2, 0.25) is 0 Å². The summed E-state index contributed by atoms with van der Waals surface area (Å²) in [4.78, 5) is 14.2. The normalized spacial score (nSPS) is 11.5. The van der Waals surface area contributed by atoms with Crippen LogP contribution in [0, 0.1) is 0 Å². The Morgan fingerprint density at radius 3 is 2.20 bits per heavy atom. The van der Waals surface area contributed by atoms with Crippen molar-refractivity contribution in [3.05, 3.63) is 80.3 Å². The summed E-state index contributed by atoms with van der Waals surface area (Å²) in [5.74, 6) is -0.0376. The smallest absolute Gasteiger partial charge is 0.307 e. The van der Waals surface area contributed by atoms with Crippen LogP contribution in [-0.4, -0.2) is 24.3 Å². The summed E-state index contributed by atoms with van der Waals surface area (Å²) in [6, 6.07) is 15.9. The number of rotatable bonds is 6. The molecular weight excluding hydrogens is 358 g/mol. The molecule has 2 N–H and O–H groups in total. The van der Waals surface area contributed by atoms with Crippen LogP contribution in [0.3, 0.4) is 0 Å². The lowest BCUT2D eigenvalue weighted by Crippen LogP contribution is -2.09. The van der Waals surface area contributed by atoms with E-state index in [4.69, 9.17) is 0 Å². The molecule has 3 aromatic rings. The number of aromatic hydroxyl groups is 1. The molecule has 0 saturated carbocycles. The van der Waals surface area contributed by atoms with Crippen molar-refractivity contribution in [1.82, 2.24) is 4.98 Å². The SMILES string of the molecule is O=c1[nH]c(O)c(Cc2ccc(CCS(=O)(=O)c3ccccc3)cc2)s1. The summed E-state index contributed by atoms with van der Waals surface area (Å²) in [7, 11) is -3.29. The van der Waals surface area contributed by atoms with Crippen LogP contribution < -0.4 is 4.87 Å². The molecule has 0 spiro atoms. The van der Waals surface area contributed by atoms with Crippen molar-refractivity contribution < 1.29 is 13.5 Å². The predicted octanol–water partition coefficient (Wildman–Crippen LogP) is 2.75. The minimum Gasteiger partial charge on any atom is -0.494 e. The Morgan fingerprint density at radius 2 is 1.60 bits per heavy atom. The van der Waals surface area contributed by atoms with E-state index in [9.17, 15) is 18.3 Å². The van der Waals surface area contributed by atoms with Crippen LogP contribution in [0.5, 0.6) is 5.88 Å². The summed E-state index contributed by atoms with van der Waals surface area (Å²) >= 11 is 0.984. The molecule has 0 aliphatic carbocycles.